The second-order valence-electron chi connectivity index (χ2n) is 10.8. The molecule has 5 nitrogen and oxygen atoms in total. The van der Waals surface area contributed by atoms with Crippen LogP contribution in [0.5, 0.6) is 11.5 Å². The smallest absolute Gasteiger partial charge is 0.306 e. The van der Waals surface area contributed by atoms with Crippen LogP contribution in [0.2, 0.25) is 0 Å². The lowest BCUT2D eigenvalue weighted by molar-refractivity contribution is -0.141. The number of aromatic nitrogens is 1. The van der Waals surface area contributed by atoms with E-state index in [1.807, 2.05) is 36.5 Å². The Balaban J connectivity index is 1.30. The predicted molar refractivity (Wildman–Crippen MR) is 152 cm³/mol. The summed E-state index contributed by atoms with van der Waals surface area (Å²) in [5, 5.41) is 0. The number of hydrogen-bond acceptors (Lipinski definition) is 5. The highest BCUT2D eigenvalue weighted by Crippen LogP contribution is 2.45. The highest BCUT2D eigenvalue weighted by molar-refractivity contribution is 5.79. The van der Waals surface area contributed by atoms with E-state index in [9.17, 15) is 4.79 Å². The molecule has 0 bridgehead atoms. The molecule has 3 aromatic carbocycles. The van der Waals surface area contributed by atoms with E-state index in [0.29, 0.717) is 30.1 Å². The highest BCUT2D eigenvalue weighted by atomic mass is 19.1. The number of fused-ring (bicyclic) bond motifs is 2. The number of benzene rings is 3. The average Bonchev–Trinajstić information content (AvgIpc) is 3.54. The molecule has 0 saturated heterocycles. The highest BCUT2D eigenvalue weighted by Gasteiger charge is 2.32. The molecular weight excluding hydrogens is 505 g/mol. The molecule has 0 N–H and O–H groups in total. The minimum absolute atomic E-state index is 0.0387. The fourth-order valence-electron chi connectivity index (χ4n) is 6.29. The van der Waals surface area contributed by atoms with Gasteiger partial charge in [0.05, 0.1) is 25.8 Å². The van der Waals surface area contributed by atoms with Gasteiger partial charge in [-0.1, -0.05) is 18.2 Å². The van der Waals surface area contributed by atoms with Crippen molar-refractivity contribution in [1.82, 2.24) is 4.98 Å². The lowest BCUT2D eigenvalue weighted by Crippen LogP contribution is -2.09. The van der Waals surface area contributed by atoms with Crippen molar-refractivity contribution >= 4 is 5.97 Å². The summed E-state index contributed by atoms with van der Waals surface area (Å²) in [7, 11) is 1.39. The summed E-state index contributed by atoms with van der Waals surface area (Å²) >= 11 is 0. The molecule has 0 amide bonds. The van der Waals surface area contributed by atoms with Crippen molar-refractivity contribution in [2.24, 2.45) is 0 Å². The van der Waals surface area contributed by atoms with Gasteiger partial charge in [-0.05, 0) is 97.3 Å². The Kier molecular flexibility index (Phi) is 6.78. The summed E-state index contributed by atoms with van der Waals surface area (Å²) in [6.07, 6.45) is 3.12. The second-order valence-corrected chi connectivity index (χ2v) is 10.8. The van der Waals surface area contributed by atoms with E-state index >= 15 is 4.39 Å². The number of carbonyl (C=O) groups excluding carboxylic acids is 1. The average molecular weight is 538 g/mol. The zero-order valence-electron chi connectivity index (χ0n) is 23.2. The van der Waals surface area contributed by atoms with Crippen LogP contribution in [0, 0.1) is 26.6 Å². The third kappa shape index (κ3) is 4.61. The molecule has 2 aliphatic rings. The van der Waals surface area contributed by atoms with Gasteiger partial charge in [-0.3, -0.25) is 9.78 Å². The topological polar surface area (TPSA) is 57.7 Å². The third-order valence-electron chi connectivity index (χ3n) is 8.15. The Morgan fingerprint density at radius 3 is 2.60 bits per heavy atom. The first-order valence-electron chi connectivity index (χ1n) is 13.7. The van der Waals surface area contributed by atoms with E-state index in [0.717, 1.165) is 56.6 Å². The van der Waals surface area contributed by atoms with Gasteiger partial charge >= 0.3 is 5.97 Å². The lowest BCUT2D eigenvalue weighted by Gasteiger charge is -2.19. The molecule has 2 atom stereocenters. The normalized spacial score (nSPS) is 17.2. The van der Waals surface area contributed by atoms with Crippen LogP contribution in [-0.4, -0.2) is 24.7 Å². The number of nitrogens with zero attached hydrogens (tertiary/aromatic N) is 1. The number of carbonyl (C=O) groups is 1. The first-order chi connectivity index (χ1) is 19.3. The number of rotatable bonds is 6. The Hall–Kier alpha value is -4.19. The molecule has 4 aromatic rings. The van der Waals surface area contributed by atoms with Crippen LogP contribution in [0.25, 0.3) is 22.4 Å². The number of ether oxygens (including phenoxy) is 3. The van der Waals surface area contributed by atoms with Crippen molar-refractivity contribution in [1.29, 1.82) is 0 Å². The predicted octanol–water partition coefficient (Wildman–Crippen LogP) is 7.59. The summed E-state index contributed by atoms with van der Waals surface area (Å²) in [5.41, 5.74) is 10.3. The van der Waals surface area contributed by atoms with Gasteiger partial charge in [-0.25, -0.2) is 4.39 Å². The van der Waals surface area contributed by atoms with Gasteiger partial charge in [0.1, 0.15) is 23.4 Å². The Morgan fingerprint density at radius 1 is 1.05 bits per heavy atom. The molecule has 2 heterocycles. The van der Waals surface area contributed by atoms with Crippen molar-refractivity contribution in [2.75, 3.05) is 13.7 Å². The monoisotopic (exact) mass is 537 g/mol. The summed E-state index contributed by atoms with van der Waals surface area (Å²) in [5.74, 6) is 0.787. The molecule has 0 radical (unpaired) electrons. The summed E-state index contributed by atoms with van der Waals surface area (Å²) in [4.78, 5) is 16.3. The Labute approximate surface area is 233 Å². The number of halogens is 1. The maximum Gasteiger partial charge on any atom is 0.306 e. The molecule has 0 spiro atoms. The van der Waals surface area contributed by atoms with E-state index in [1.54, 1.807) is 6.07 Å². The molecule has 6 rings (SSSR count). The molecule has 204 valence electrons. The quantitative estimate of drug-likeness (QED) is 0.237. The first kappa shape index (κ1) is 26.1. The van der Waals surface area contributed by atoms with Gasteiger partial charge in [0.15, 0.2) is 0 Å². The fourth-order valence-corrected chi connectivity index (χ4v) is 6.29. The van der Waals surface area contributed by atoms with Crippen LogP contribution >= 0.6 is 0 Å². The molecule has 6 heteroatoms. The minimum atomic E-state index is -0.392. The van der Waals surface area contributed by atoms with Gasteiger partial charge in [0, 0.05) is 34.9 Å². The number of hydrogen-bond donors (Lipinski definition) is 0. The van der Waals surface area contributed by atoms with Crippen LogP contribution in [0.3, 0.4) is 0 Å². The van der Waals surface area contributed by atoms with E-state index in [2.05, 4.69) is 44.0 Å². The number of esters is 1. The second kappa shape index (κ2) is 10.4. The van der Waals surface area contributed by atoms with Crippen LogP contribution in [0.15, 0.2) is 60.8 Å². The Morgan fingerprint density at radius 2 is 1.85 bits per heavy atom. The molecule has 1 aromatic heterocycles. The summed E-state index contributed by atoms with van der Waals surface area (Å²) in [6.45, 7) is 6.72. The van der Waals surface area contributed by atoms with Crippen molar-refractivity contribution in [3.05, 3.63) is 100.0 Å². The van der Waals surface area contributed by atoms with Gasteiger partial charge in [-0.2, -0.15) is 0 Å². The molecular formula is C34H32FNO4. The standard InChI is InChI=1S/C34H32FNO4/c1-19-6-5-13-36-34(19)22-14-20(2)32(21(3)15-22)26-9-11-28(35)33-27(26)10-12-29(33)40-24-7-8-25-23(16-31(37)38-4)18-39-30(25)17-24/h5-9,11,13-15,17,23,29H,10,12,16,18H2,1-4H3. The van der Waals surface area contributed by atoms with Gasteiger partial charge in [0.25, 0.3) is 0 Å². The van der Waals surface area contributed by atoms with E-state index < -0.39 is 6.10 Å². The van der Waals surface area contributed by atoms with Crippen molar-refractivity contribution < 1.29 is 23.4 Å². The fraction of sp³-hybridized carbons (Fsp3) is 0.294. The molecule has 0 saturated carbocycles. The van der Waals surface area contributed by atoms with Crippen LogP contribution in [0.4, 0.5) is 4.39 Å². The van der Waals surface area contributed by atoms with Crippen LogP contribution in [0.1, 0.15) is 58.2 Å². The molecule has 1 aliphatic heterocycles. The third-order valence-corrected chi connectivity index (χ3v) is 8.15. The van der Waals surface area contributed by atoms with Gasteiger partial charge < -0.3 is 14.2 Å². The Bertz CT molecular complexity index is 1610. The number of pyridine rings is 1. The maximum atomic E-state index is 15.3. The first-order valence-corrected chi connectivity index (χ1v) is 13.7. The largest absolute Gasteiger partial charge is 0.492 e. The molecule has 40 heavy (non-hydrogen) atoms. The van der Waals surface area contributed by atoms with Crippen molar-refractivity contribution in [3.8, 4) is 33.9 Å². The SMILES string of the molecule is COC(=O)CC1COc2cc(OC3CCc4c(-c5c(C)cc(-c6ncccc6C)cc5C)ccc(F)c43)ccc21. The molecule has 2 unspecified atom stereocenters. The molecule has 0 fully saturated rings. The van der Waals surface area contributed by atoms with E-state index in [-0.39, 0.29) is 24.1 Å². The zero-order chi connectivity index (χ0) is 28.0. The minimum Gasteiger partial charge on any atom is -0.492 e. The summed E-state index contributed by atoms with van der Waals surface area (Å²) in [6, 6.07) is 17.5. The van der Waals surface area contributed by atoms with Gasteiger partial charge in [0.2, 0.25) is 0 Å². The van der Waals surface area contributed by atoms with E-state index in [4.69, 9.17) is 14.2 Å². The van der Waals surface area contributed by atoms with Crippen LogP contribution < -0.4 is 9.47 Å². The zero-order valence-corrected chi connectivity index (χ0v) is 23.2. The van der Waals surface area contributed by atoms with Gasteiger partial charge in [-0.15, -0.1) is 0 Å². The number of aryl methyl sites for hydroxylation is 3. The van der Waals surface area contributed by atoms with Crippen LogP contribution in [-0.2, 0) is 16.0 Å². The van der Waals surface area contributed by atoms with Crippen molar-refractivity contribution in [3.63, 3.8) is 0 Å². The molecule has 1 aliphatic carbocycles. The van der Waals surface area contributed by atoms with E-state index in [1.165, 1.54) is 7.11 Å². The summed E-state index contributed by atoms with van der Waals surface area (Å²) < 4.78 is 32.4. The van der Waals surface area contributed by atoms with Crippen molar-refractivity contribution in [2.45, 2.75) is 52.1 Å². The maximum absolute atomic E-state index is 15.3. The lowest BCUT2D eigenvalue weighted by atomic mass is 9.88. The number of methoxy groups -OCH3 is 1.